The second-order valence-electron chi connectivity index (χ2n) is 7.77. The Morgan fingerprint density at radius 1 is 0.788 bits per heavy atom. The second-order valence-corrected chi connectivity index (χ2v) is 10.5. The van der Waals surface area contributed by atoms with E-state index in [9.17, 15) is 19.5 Å². The van der Waals surface area contributed by atoms with E-state index in [0.717, 1.165) is 19.0 Å². The molecule has 0 aromatic heterocycles. The molecular weight excluding hydrogens is 624 g/mol. The van der Waals surface area contributed by atoms with Crippen LogP contribution in [0, 0.1) is 11.8 Å². The van der Waals surface area contributed by atoms with Gasteiger partial charge in [-0.25, -0.2) is 0 Å². The molecule has 2 aromatic rings. The number of benzene rings is 2. The molecule has 0 saturated heterocycles. The first-order valence-corrected chi connectivity index (χ1v) is 12.5. The number of halogens is 3. The van der Waals surface area contributed by atoms with Crippen molar-refractivity contribution in [3.63, 3.8) is 0 Å². The molecule has 178 valence electrons. The molecule has 4 rings (SSSR count). The van der Waals surface area contributed by atoms with E-state index in [0.29, 0.717) is 25.7 Å². The van der Waals surface area contributed by atoms with Crippen molar-refractivity contribution in [1.82, 2.24) is 0 Å². The number of hydrogen-bond donors (Lipinski definition) is 1. The van der Waals surface area contributed by atoms with Crippen LogP contribution in [0.5, 0.6) is 0 Å². The highest BCUT2D eigenvalue weighted by molar-refractivity contribution is 9.11. The van der Waals surface area contributed by atoms with Crippen LogP contribution in [0.2, 0.25) is 0 Å². The third-order valence-electron chi connectivity index (χ3n) is 5.37. The van der Waals surface area contributed by atoms with Gasteiger partial charge in [-0.1, -0.05) is 59.9 Å². The van der Waals surface area contributed by atoms with Gasteiger partial charge in [-0.2, -0.15) is 0 Å². The predicted octanol–water partition coefficient (Wildman–Crippen LogP) is 5.57. The number of aliphatic hydroxyl groups is 1. The summed E-state index contributed by atoms with van der Waals surface area (Å²) < 4.78 is 12.3. The number of Topliss-reactive ketones (excluding diaryl/α,β-unsaturated/α-hetero) is 1. The number of esters is 2. The minimum atomic E-state index is -0.862. The van der Waals surface area contributed by atoms with E-state index in [1.165, 1.54) is 14.2 Å². The molecular formula is C24H25Br3O6. The summed E-state index contributed by atoms with van der Waals surface area (Å²) in [6.07, 6.45) is 1.65. The fourth-order valence-corrected chi connectivity index (χ4v) is 4.13. The van der Waals surface area contributed by atoms with Crippen molar-refractivity contribution in [2.45, 2.75) is 31.3 Å². The molecule has 9 heteroatoms. The van der Waals surface area contributed by atoms with Crippen LogP contribution in [0.25, 0.3) is 0 Å². The van der Waals surface area contributed by atoms with Gasteiger partial charge in [0.1, 0.15) is 5.78 Å². The lowest BCUT2D eigenvalue weighted by Gasteiger charge is -2.42. The van der Waals surface area contributed by atoms with Crippen molar-refractivity contribution in [3.05, 3.63) is 67.5 Å². The molecule has 0 atom stereocenters. The Kier molecular flexibility index (Phi) is 10.7. The lowest BCUT2D eigenvalue weighted by molar-refractivity contribution is -0.163. The Hall–Kier alpha value is -1.55. The molecule has 0 radical (unpaired) electrons. The van der Waals surface area contributed by atoms with Gasteiger partial charge in [0.05, 0.1) is 31.7 Å². The van der Waals surface area contributed by atoms with Gasteiger partial charge < -0.3 is 14.6 Å². The predicted molar refractivity (Wildman–Crippen MR) is 134 cm³/mol. The number of carbonyl (C=O) groups is 3. The van der Waals surface area contributed by atoms with Gasteiger partial charge in [0.25, 0.3) is 0 Å². The topological polar surface area (TPSA) is 89.9 Å². The molecule has 2 aliphatic rings. The van der Waals surface area contributed by atoms with Crippen LogP contribution >= 0.6 is 47.8 Å². The van der Waals surface area contributed by atoms with Crippen LogP contribution in [0.3, 0.4) is 0 Å². The maximum atomic E-state index is 11.2. The van der Waals surface area contributed by atoms with Crippen LogP contribution in [-0.4, -0.2) is 37.0 Å². The molecule has 6 nitrogen and oxygen atoms in total. The molecule has 1 N–H and O–H groups in total. The number of hydrogen-bond acceptors (Lipinski definition) is 6. The summed E-state index contributed by atoms with van der Waals surface area (Å²) in [5.41, 5.74) is -0.00428. The minimum Gasteiger partial charge on any atom is -0.469 e. The molecule has 2 saturated carbocycles. The summed E-state index contributed by atoms with van der Waals surface area (Å²) in [5, 5.41) is 10.3. The van der Waals surface area contributed by atoms with Crippen LogP contribution in [0.4, 0.5) is 0 Å². The van der Waals surface area contributed by atoms with Gasteiger partial charge in [0.15, 0.2) is 0 Å². The number of rotatable bonds is 3. The normalized spacial score (nSPS) is 21.2. The SMILES string of the molecule is Brc1ccc(Br)cc1.COC(=O)C1CC(=O)C1.COC(=O)C1CC(O)(c2ccc(Br)cc2)C1. The fourth-order valence-electron chi connectivity index (χ4n) is 3.34. The average molecular weight is 649 g/mol. The van der Waals surface area contributed by atoms with E-state index in [4.69, 9.17) is 0 Å². The van der Waals surface area contributed by atoms with Gasteiger partial charge in [0, 0.05) is 26.3 Å². The first-order valence-electron chi connectivity index (χ1n) is 10.1. The summed E-state index contributed by atoms with van der Waals surface area (Å²) in [6.45, 7) is 0. The summed E-state index contributed by atoms with van der Waals surface area (Å²) in [4.78, 5) is 32.1. The molecule has 2 aliphatic carbocycles. The summed E-state index contributed by atoms with van der Waals surface area (Å²) in [7, 11) is 2.71. The van der Waals surface area contributed by atoms with Gasteiger partial charge >= 0.3 is 11.9 Å². The molecule has 0 bridgehead atoms. The van der Waals surface area contributed by atoms with Crippen molar-refractivity contribution in [2.24, 2.45) is 11.8 Å². The smallest absolute Gasteiger partial charge is 0.309 e. The second kappa shape index (κ2) is 12.8. The Morgan fingerprint density at radius 2 is 1.15 bits per heavy atom. The Balaban J connectivity index is 0.000000192. The van der Waals surface area contributed by atoms with E-state index in [2.05, 4.69) is 57.3 Å². The third-order valence-corrected chi connectivity index (χ3v) is 6.96. The monoisotopic (exact) mass is 646 g/mol. The van der Waals surface area contributed by atoms with Crippen LogP contribution in [-0.2, 0) is 29.5 Å². The van der Waals surface area contributed by atoms with Crippen molar-refractivity contribution in [2.75, 3.05) is 14.2 Å². The van der Waals surface area contributed by atoms with E-state index in [1.807, 2.05) is 48.5 Å². The number of ether oxygens (including phenoxy) is 2. The van der Waals surface area contributed by atoms with Crippen molar-refractivity contribution >= 4 is 65.5 Å². The van der Waals surface area contributed by atoms with Gasteiger partial charge in [-0.15, -0.1) is 0 Å². The Labute approximate surface area is 218 Å². The lowest BCUT2D eigenvalue weighted by atomic mass is 9.67. The average Bonchev–Trinajstić information content (AvgIpc) is 2.77. The summed E-state index contributed by atoms with van der Waals surface area (Å²) in [5.74, 6) is -0.636. The highest BCUT2D eigenvalue weighted by Crippen LogP contribution is 2.46. The van der Waals surface area contributed by atoms with E-state index >= 15 is 0 Å². The van der Waals surface area contributed by atoms with Gasteiger partial charge in [0.2, 0.25) is 0 Å². The number of methoxy groups -OCH3 is 2. The molecule has 33 heavy (non-hydrogen) atoms. The van der Waals surface area contributed by atoms with Crippen molar-refractivity contribution in [1.29, 1.82) is 0 Å². The highest BCUT2D eigenvalue weighted by atomic mass is 79.9. The molecule has 2 fully saturated rings. The quantitative estimate of drug-likeness (QED) is 0.438. The molecule has 2 aromatic carbocycles. The van der Waals surface area contributed by atoms with Crippen molar-refractivity contribution in [3.8, 4) is 0 Å². The van der Waals surface area contributed by atoms with Gasteiger partial charge in [-0.05, 0) is 54.8 Å². The van der Waals surface area contributed by atoms with E-state index < -0.39 is 5.60 Å². The number of carbonyl (C=O) groups excluding carboxylic acids is 3. The Bertz CT molecular complexity index is 924. The maximum absolute atomic E-state index is 11.2. The Morgan fingerprint density at radius 3 is 1.52 bits per heavy atom. The lowest BCUT2D eigenvalue weighted by Crippen LogP contribution is -2.44. The highest BCUT2D eigenvalue weighted by Gasteiger charge is 2.47. The molecule has 0 heterocycles. The molecule has 0 amide bonds. The van der Waals surface area contributed by atoms with E-state index in [1.54, 1.807) is 0 Å². The molecule has 0 unspecified atom stereocenters. The molecule has 0 spiro atoms. The standard InChI is InChI=1S/C12H13BrO3.C6H4Br2.C6H8O3/c1-16-11(14)8-6-12(15,7-8)9-2-4-10(13)5-3-9;7-5-1-2-6(8)4-3-5;1-9-6(8)4-2-5(7)3-4/h2-5,8,15H,6-7H2,1H3;1-4H;4H,2-3H2,1H3. The summed E-state index contributed by atoms with van der Waals surface area (Å²) >= 11 is 9.99. The molecule has 0 aliphatic heterocycles. The first-order chi connectivity index (χ1) is 15.6. The zero-order valence-corrected chi connectivity index (χ0v) is 23.0. The maximum Gasteiger partial charge on any atom is 0.309 e. The van der Waals surface area contributed by atoms with Crippen molar-refractivity contribution < 1.29 is 29.0 Å². The van der Waals surface area contributed by atoms with Gasteiger partial charge in [-0.3, -0.25) is 14.4 Å². The van der Waals surface area contributed by atoms with E-state index in [-0.39, 0.29) is 29.6 Å². The minimum absolute atomic E-state index is 0.137. The zero-order valence-electron chi connectivity index (χ0n) is 18.2. The van der Waals surface area contributed by atoms with Crippen LogP contribution < -0.4 is 0 Å². The summed E-state index contributed by atoms with van der Waals surface area (Å²) in [6, 6.07) is 15.5. The van der Waals surface area contributed by atoms with Crippen LogP contribution in [0.15, 0.2) is 61.9 Å². The van der Waals surface area contributed by atoms with Crippen LogP contribution in [0.1, 0.15) is 31.2 Å². The largest absolute Gasteiger partial charge is 0.469 e. The zero-order chi connectivity index (χ0) is 24.6. The fraction of sp³-hybridized carbons (Fsp3) is 0.375. The third kappa shape index (κ3) is 8.31. The number of ketones is 1. The first kappa shape index (κ1) is 27.7.